The fourth-order valence-electron chi connectivity index (χ4n) is 3.18. The SMILES string of the molecule is Cc1cccc2sc(N(CCCN(C)C)C(=O)CCS(=O)(=O)c3ccc(Cl)cc3)nc12. The molecule has 6 nitrogen and oxygen atoms in total. The van der Waals surface area contributed by atoms with Gasteiger partial charge in [-0.15, -0.1) is 0 Å². The Morgan fingerprint density at radius 1 is 1.10 bits per heavy atom. The second-order valence-corrected chi connectivity index (χ2v) is 11.2. The predicted molar refractivity (Wildman–Crippen MR) is 128 cm³/mol. The number of para-hydroxylation sites is 1. The number of aryl methyl sites for hydroxylation is 1. The number of hydrogen-bond acceptors (Lipinski definition) is 6. The molecule has 0 aliphatic rings. The van der Waals surface area contributed by atoms with Gasteiger partial charge in [-0.1, -0.05) is 35.1 Å². The smallest absolute Gasteiger partial charge is 0.229 e. The lowest BCUT2D eigenvalue weighted by atomic mass is 10.2. The molecule has 1 aromatic heterocycles. The van der Waals surface area contributed by atoms with Gasteiger partial charge >= 0.3 is 0 Å². The number of anilines is 1. The molecule has 0 spiro atoms. The maximum Gasteiger partial charge on any atom is 0.229 e. The maximum atomic E-state index is 13.1. The highest BCUT2D eigenvalue weighted by atomic mass is 35.5. The molecular weight excluding hydrogens is 454 g/mol. The molecule has 0 fully saturated rings. The third-order valence-corrected chi connectivity index (χ3v) is 7.91. The first-order valence-corrected chi connectivity index (χ1v) is 12.8. The van der Waals surface area contributed by atoms with Gasteiger partial charge in [0.1, 0.15) is 0 Å². The number of hydrogen-bond donors (Lipinski definition) is 0. The van der Waals surface area contributed by atoms with Crippen LogP contribution in [0.5, 0.6) is 0 Å². The Morgan fingerprint density at radius 3 is 2.45 bits per heavy atom. The standard InChI is InChI=1S/C22H26ClN3O3S2/c1-16-6-4-7-19-21(16)24-22(30-19)26(14-5-13-25(2)3)20(27)12-15-31(28,29)18-10-8-17(23)9-11-18/h4,6-11H,5,12-15H2,1-3H3. The molecule has 0 bridgehead atoms. The van der Waals surface area contributed by atoms with Crippen molar-refractivity contribution in [2.45, 2.75) is 24.7 Å². The number of rotatable bonds is 9. The van der Waals surface area contributed by atoms with Gasteiger partial charge in [-0.25, -0.2) is 13.4 Å². The lowest BCUT2D eigenvalue weighted by Crippen LogP contribution is -2.34. The minimum Gasteiger partial charge on any atom is -0.309 e. The third-order valence-electron chi connectivity index (χ3n) is 4.89. The first kappa shape index (κ1) is 23.7. The molecule has 0 radical (unpaired) electrons. The van der Waals surface area contributed by atoms with Crippen LogP contribution in [0.2, 0.25) is 5.02 Å². The van der Waals surface area contributed by atoms with Crippen molar-refractivity contribution in [1.29, 1.82) is 0 Å². The van der Waals surface area contributed by atoms with Gasteiger partial charge in [0.05, 0.1) is 20.9 Å². The van der Waals surface area contributed by atoms with Gasteiger partial charge in [-0.3, -0.25) is 9.69 Å². The van der Waals surface area contributed by atoms with Gasteiger partial charge in [0, 0.05) is 18.0 Å². The summed E-state index contributed by atoms with van der Waals surface area (Å²) >= 11 is 7.30. The fraction of sp³-hybridized carbons (Fsp3) is 0.364. The number of nitrogens with zero attached hydrogens (tertiary/aromatic N) is 3. The molecule has 0 saturated carbocycles. The van der Waals surface area contributed by atoms with E-state index in [-0.39, 0.29) is 23.0 Å². The van der Waals surface area contributed by atoms with Crippen LogP contribution in [0.25, 0.3) is 10.2 Å². The summed E-state index contributed by atoms with van der Waals surface area (Å²) in [5, 5.41) is 1.07. The first-order valence-electron chi connectivity index (χ1n) is 9.97. The van der Waals surface area contributed by atoms with Crippen LogP contribution >= 0.6 is 22.9 Å². The average Bonchev–Trinajstić information content (AvgIpc) is 3.15. The molecule has 0 atom stereocenters. The summed E-state index contributed by atoms with van der Waals surface area (Å²) in [6.07, 6.45) is 0.652. The summed E-state index contributed by atoms with van der Waals surface area (Å²) in [4.78, 5) is 21.6. The van der Waals surface area contributed by atoms with Crippen molar-refractivity contribution in [3.63, 3.8) is 0 Å². The summed E-state index contributed by atoms with van der Waals surface area (Å²) in [6, 6.07) is 11.9. The van der Waals surface area contributed by atoms with Gasteiger partial charge in [-0.05, 0) is 69.9 Å². The van der Waals surface area contributed by atoms with Gasteiger partial charge in [0.2, 0.25) is 5.91 Å². The number of aromatic nitrogens is 1. The van der Waals surface area contributed by atoms with E-state index in [1.807, 2.05) is 39.2 Å². The average molecular weight is 480 g/mol. The number of fused-ring (bicyclic) bond motifs is 1. The lowest BCUT2D eigenvalue weighted by molar-refractivity contribution is -0.118. The molecule has 1 heterocycles. The number of amides is 1. The summed E-state index contributed by atoms with van der Waals surface area (Å²) < 4.78 is 26.3. The molecule has 31 heavy (non-hydrogen) atoms. The van der Waals surface area contributed by atoms with Crippen LogP contribution in [0.4, 0.5) is 5.13 Å². The van der Waals surface area contributed by atoms with Crippen LogP contribution in [0.15, 0.2) is 47.4 Å². The van der Waals surface area contributed by atoms with E-state index < -0.39 is 9.84 Å². The Hall–Kier alpha value is -2.00. The molecule has 166 valence electrons. The molecule has 1 amide bonds. The molecule has 3 aromatic rings. The molecule has 2 aromatic carbocycles. The Labute approximate surface area is 192 Å². The van der Waals surface area contributed by atoms with Crippen molar-refractivity contribution in [3.8, 4) is 0 Å². The van der Waals surface area contributed by atoms with Crippen molar-refractivity contribution < 1.29 is 13.2 Å². The van der Waals surface area contributed by atoms with Crippen LogP contribution in [0.3, 0.4) is 0 Å². The quantitative estimate of drug-likeness (QED) is 0.454. The highest BCUT2D eigenvalue weighted by molar-refractivity contribution is 7.91. The van der Waals surface area contributed by atoms with Crippen molar-refractivity contribution in [3.05, 3.63) is 53.1 Å². The second kappa shape index (κ2) is 10.1. The number of carbonyl (C=O) groups excluding carboxylic acids is 1. The number of thiazole rings is 1. The Kier molecular flexibility index (Phi) is 7.69. The van der Waals surface area contributed by atoms with E-state index >= 15 is 0 Å². The molecule has 3 rings (SSSR count). The van der Waals surface area contributed by atoms with Crippen LogP contribution in [0, 0.1) is 6.92 Å². The molecule has 0 aliphatic carbocycles. The van der Waals surface area contributed by atoms with Crippen molar-refractivity contribution in [1.82, 2.24) is 9.88 Å². The van der Waals surface area contributed by atoms with E-state index in [0.717, 1.165) is 28.7 Å². The van der Waals surface area contributed by atoms with Crippen molar-refractivity contribution >= 4 is 54.0 Å². The van der Waals surface area contributed by atoms with Crippen LogP contribution < -0.4 is 4.90 Å². The van der Waals surface area contributed by atoms with Crippen LogP contribution in [-0.2, 0) is 14.6 Å². The topological polar surface area (TPSA) is 70.6 Å². The summed E-state index contributed by atoms with van der Waals surface area (Å²) in [5.74, 6) is -0.505. The molecule has 9 heteroatoms. The first-order chi connectivity index (χ1) is 14.7. The minimum absolute atomic E-state index is 0.109. The van der Waals surface area contributed by atoms with E-state index in [2.05, 4.69) is 9.88 Å². The minimum atomic E-state index is -3.58. The van der Waals surface area contributed by atoms with E-state index in [9.17, 15) is 13.2 Å². The maximum absolute atomic E-state index is 13.1. The lowest BCUT2D eigenvalue weighted by Gasteiger charge is -2.21. The molecule has 0 unspecified atom stereocenters. The van der Waals surface area contributed by atoms with Crippen LogP contribution in [-0.4, -0.2) is 57.1 Å². The number of halogens is 1. The van der Waals surface area contributed by atoms with E-state index in [1.165, 1.54) is 35.6 Å². The Balaban J connectivity index is 1.80. The summed E-state index contributed by atoms with van der Waals surface area (Å²) in [7, 11) is 0.372. The van der Waals surface area contributed by atoms with Crippen LogP contribution in [0.1, 0.15) is 18.4 Å². The normalized spacial score (nSPS) is 11.9. The highest BCUT2D eigenvalue weighted by Gasteiger charge is 2.23. The third kappa shape index (κ3) is 6.04. The highest BCUT2D eigenvalue weighted by Crippen LogP contribution is 2.31. The Morgan fingerprint density at radius 2 is 1.81 bits per heavy atom. The zero-order valence-electron chi connectivity index (χ0n) is 17.8. The van der Waals surface area contributed by atoms with E-state index in [1.54, 1.807) is 4.90 Å². The van der Waals surface area contributed by atoms with Crippen molar-refractivity contribution in [2.24, 2.45) is 0 Å². The van der Waals surface area contributed by atoms with Gasteiger partial charge in [0.15, 0.2) is 15.0 Å². The predicted octanol–water partition coefficient (Wildman–Crippen LogP) is 4.41. The Bertz CT molecular complexity index is 1160. The molecule has 0 aliphatic heterocycles. The summed E-state index contributed by atoms with van der Waals surface area (Å²) in [5.41, 5.74) is 1.92. The van der Waals surface area contributed by atoms with Crippen molar-refractivity contribution in [2.75, 3.05) is 37.8 Å². The van der Waals surface area contributed by atoms with Gasteiger partial charge in [0.25, 0.3) is 0 Å². The number of benzene rings is 2. The molecular formula is C22H26ClN3O3S2. The second-order valence-electron chi connectivity index (χ2n) is 7.64. The zero-order valence-corrected chi connectivity index (χ0v) is 20.2. The summed E-state index contributed by atoms with van der Waals surface area (Å²) in [6.45, 7) is 3.29. The zero-order chi connectivity index (χ0) is 22.6. The van der Waals surface area contributed by atoms with Gasteiger partial charge in [-0.2, -0.15) is 0 Å². The number of sulfone groups is 1. The van der Waals surface area contributed by atoms with E-state index in [0.29, 0.717) is 16.7 Å². The molecule has 0 saturated heterocycles. The number of carbonyl (C=O) groups is 1. The monoisotopic (exact) mass is 479 g/mol. The molecule has 0 N–H and O–H groups in total. The van der Waals surface area contributed by atoms with Gasteiger partial charge < -0.3 is 4.90 Å². The largest absolute Gasteiger partial charge is 0.309 e. The fourth-order valence-corrected chi connectivity index (χ4v) is 5.62. The van der Waals surface area contributed by atoms with E-state index in [4.69, 9.17) is 11.6 Å².